The van der Waals surface area contributed by atoms with Crippen LogP contribution in [0.3, 0.4) is 0 Å². The normalized spacial score (nSPS) is 38.9. The Morgan fingerprint density at radius 2 is 1.80 bits per heavy atom. The minimum atomic E-state index is -0.591. The molecular formula is C25H34O5. The first kappa shape index (κ1) is 21.3. The van der Waals surface area contributed by atoms with Gasteiger partial charge in [0.05, 0.1) is 17.3 Å². The molecule has 2 saturated carbocycles. The number of carboxylic acids is 1. The fraction of sp³-hybridized carbons (Fsp3) is 0.720. The van der Waals surface area contributed by atoms with Gasteiger partial charge in [-0.2, -0.15) is 0 Å². The van der Waals surface area contributed by atoms with Gasteiger partial charge in [0.2, 0.25) is 0 Å². The first-order chi connectivity index (χ1) is 14.3. The van der Waals surface area contributed by atoms with Crippen LogP contribution in [0, 0.1) is 40.4 Å². The summed E-state index contributed by atoms with van der Waals surface area (Å²) >= 11 is 0. The molecule has 7 atom stereocenters. The van der Waals surface area contributed by atoms with Crippen molar-refractivity contribution >= 4 is 17.9 Å². The third-order valence-corrected chi connectivity index (χ3v) is 8.58. The van der Waals surface area contributed by atoms with E-state index >= 15 is 0 Å². The minimum Gasteiger partial charge on any atom is -0.481 e. The number of unbranched alkanes of at least 4 members (excludes halogenated alkanes) is 3. The van der Waals surface area contributed by atoms with Gasteiger partial charge in [-0.3, -0.25) is 14.4 Å². The summed E-state index contributed by atoms with van der Waals surface area (Å²) < 4.78 is 4.59. The monoisotopic (exact) mass is 414 g/mol. The highest BCUT2D eigenvalue weighted by molar-refractivity contribution is 5.98. The number of rotatable bonds is 7. The van der Waals surface area contributed by atoms with Gasteiger partial charge in [0.15, 0.2) is 0 Å². The zero-order valence-electron chi connectivity index (χ0n) is 18.1. The van der Waals surface area contributed by atoms with Crippen molar-refractivity contribution < 1.29 is 24.2 Å². The molecule has 5 nitrogen and oxygen atoms in total. The number of esters is 2. The van der Waals surface area contributed by atoms with Crippen molar-refractivity contribution in [1.29, 1.82) is 0 Å². The molecule has 7 unspecified atom stereocenters. The lowest BCUT2D eigenvalue weighted by Gasteiger charge is -2.41. The zero-order valence-corrected chi connectivity index (χ0v) is 18.1. The number of hydrogen-bond donors (Lipinski definition) is 1. The maximum absolute atomic E-state index is 11.8. The van der Waals surface area contributed by atoms with E-state index in [-0.39, 0.29) is 41.0 Å². The molecule has 0 aromatic heterocycles. The zero-order chi connectivity index (χ0) is 21.5. The lowest BCUT2D eigenvalue weighted by molar-refractivity contribution is -0.156. The number of carboxylic acid groups (broad SMARTS) is 1. The number of fused-ring (bicyclic) bond motifs is 7. The van der Waals surface area contributed by atoms with Crippen LogP contribution in [0.15, 0.2) is 24.3 Å². The smallest absolute Gasteiger partial charge is 0.318 e. The molecule has 1 aliphatic heterocycles. The Kier molecular flexibility index (Phi) is 5.67. The van der Waals surface area contributed by atoms with Crippen LogP contribution in [0.25, 0.3) is 0 Å². The minimum absolute atomic E-state index is 0.0459. The molecule has 5 aliphatic rings. The molecular weight excluding hydrogens is 380 g/mol. The van der Waals surface area contributed by atoms with E-state index in [1.165, 1.54) is 25.7 Å². The van der Waals surface area contributed by atoms with Crippen LogP contribution < -0.4 is 0 Å². The van der Waals surface area contributed by atoms with Crippen LogP contribution in [0.5, 0.6) is 0 Å². The highest BCUT2D eigenvalue weighted by atomic mass is 16.6. The molecule has 5 rings (SSSR count). The van der Waals surface area contributed by atoms with Gasteiger partial charge < -0.3 is 9.84 Å². The third kappa shape index (κ3) is 3.34. The molecule has 164 valence electrons. The molecule has 0 spiro atoms. The topological polar surface area (TPSA) is 80.7 Å². The second-order valence-corrected chi connectivity index (χ2v) is 10.2. The van der Waals surface area contributed by atoms with Gasteiger partial charge in [-0.15, -0.1) is 0 Å². The predicted octanol–water partition coefficient (Wildman–Crippen LogP) is 4.91. The third-order valence-electron chi connectivity index (χ3n) is 8.58. The Morgan fingerprint density at radius 1 is 1.13 bits per heavy atom. The lowest BCUT2D eigenvalue weighted by Crippen LogP contribution is -2.42. The second-order valence-electron chi connectivity index (χ2n) is 10.2. The molecule has 0 aromatic rings. The SMILES string of the molecule is CCCCCCC(C)(C(=O)O)C12C=CC(CC1)C2.O=C1OC(=O)C2C3C=CC(C3)C12. The summed E-state index contributed by atoms with van der Waals surface area (Å²) in [5.74, 6) is -0.285. The van der Waals surface area contributed by atoms with Crippen molar-refractivity contribution in [2.45, 2.75) is 71.6 Å². The second kappa shape index (κ2) is 7.97. The van der Waals surface area contributed by atoms with Gasteiger partial charge >= 0.3 is 17.9 Å². The first-order valence-corrected chi connectivity index (χ1v) is 11.7. The first-order valence-electron chi connectivity index (χ1n) is 11.7. The van der Waals surface area contributed by atoms with Crippen molar-refractivity contribution in [1.82, 2.24) is 0 Å². The van der Waals surface area contributed by atoms with Crippen LogP contribution in [0.1, 0.15) is 71.6 Å². The Labute approximate surface area is 178 Å². The maximum atomic E-state index is 11.8. The van der Waals surface area contributed by atoms with Crippen LogP contribution in [-0.4, -0.2) is 23.0 Å². The number of carbonyl (C=O) groups is 3. The Morgan fingerprint density at radius 3 is 2.27 bits per heavy atom. The molecule has 4 aliphatic carbocycles. The summed E-state index contributed by atoms with van der Waals surface area (Å²) in [6.45, 7) is 4.18. The molecule has 0 amide bonds. The molecule has 1 saturated heterocycles. The van der Waals surface area contributed by atoms with Crippen LogP contribution in [0.4, 0.5) is 0 Å². The van der Waals surface area contributed by atoms with E-state index in [4.69, 9.17) is 0 Å². The average molecular weight is 415 g/mol. The van der Waals surface area contributed by atoms with Crippen molar-refractivity contribution in [2.75, 3.05) is 0 Å². The van der Waals surface area contributed by atoms with Gasteiger partial charge in [0.25, 0.3) is 0 Å². The van der Waals surface area contributed by atoms with E-state index in [1.807, 2.05) is 19.1 Å². The van der Waals surface area contributed by atoms with Gasteiger partial charge in [-0.1, -0.05) is 56.9 Å². The van der Waals surface area contributed by atoms with Crippen molar-refractivity contribution in [2.24, 2.45) is 40.4 Å². The van der Waals surface area contributed by atoms with Gasteiger partial charge in [0.1, 0.15) is 0 Å². The van der Waals surface area contributed by atoms with E-state index in [0.717, 1.165) is 32.1 Å². The average Bonchev–Trinajstić information content (AvgIpc) is 3.53. The van der Waals surface area contributed by atoms with Crippen LogP contribution >= 0.6 is 0 Å². The van der Waals surface area contributed by atoms with Gasteiger partial charge in [0, 0.05) is 5.41 Å². The van der Waals surface area contributed by atoms with E-state index in [2.05, 4.69) is 23.8 Å². The number of ether oxygens (including phenoxy) is 1. The molecule has 0 radical (unpaired) electrons. The summed E-state index contributed by atoms with van der Waals surface area (Å²) in [5, 5.41) is 9.73. The Hall–Kier alpha value is -1.91. The lowest BCUT2D eigenvalue weighted by atomic mass is 9.61. The Balaban J connectivity index is 0.000000156. The van der Waals surface area contributed by atoms with Crippen LogP contribution in [0.2, 0.25) is 0 Å². The largest absolute Gasteiger partial charge is 0.481 e. The van der Waals surface area contributed by atoms with E-state index in [1.54, 1.807) is 0 Å². The van der Waals surface area contributed by atoms with Crippen molar-refractivity contribution in [3.63, 3.8) is 0 Å². The van der Waals surface area contributed by atoms with E-state index in [9.17, 15) is 19.5 Å². The molecule has 30 heavy (non-hydrogen) atoms. The van der Waals surface area contributed by atoms with E-state index in [0.29, 0.717) is 5.92 Å². The number of cyclic esters (lactones) is 2. The molecule has 4 bridgehead atoms. The molecule has 5 heteroatoms. The summed E-state index contributed by atoms with van der Waals surface area (Å²) in [5.41, 5.74) is -0.599. The number of hydrogen-bond acceptors (Lipinski definition) is 4. The highest BCUT2D eigenvalue weighted by Crippen LogP contribution is 2.60. The maximum Gasteiger partial charge on any atom is 0.318 e. The summed E-state index contributed by atoms with van der Waals surface area (Å²) in [7, 11) is 0. The molecule has 1 N–H and O–H groups in total. The van der Waals surface area contributed by atoms with Crippen LogP contribution in [-0.2, 0) is 19.1 Å². The molecule has 0 aromatic carbocycles. The molecule has 3 fully saturated rings. The van der Waals surface area contributed by atoms with Gasteiger partial charge in [-0.05, 0) is 56.8 Å². The Bertz CT molecular complexity index is 754. The fourth-order valence-electron chi connectivity index (χ4n) is 6.61. The van der Waals surface area contributed by atoms with Crippen molar-refractivity contribution in [3.8, 4) is 0 Å². The quantitative estimate of drug-likeness (QED) is 0.277. The van der Waals surface area contributed by atoms with Crippen molar-refractivity contribution in [3.05, 3.63) is 24.3 Å². The molecule has 1 heterocycles. The predicted molar refractivity (Wildman–Crippen MR) is 112 cm³/mol. The standard InChI is InChI=1S/C16H26O2.C9H8O3/c1-3-4-5-6-9-15(2,14(17)18)16-10-7-13(12-16)8-11-16;10-8-6-4-1-2-5(3-4)7(6)9(11)12-8/h7,10,13H,3-6,8-9,11-12H2,1-2H3,(H,17,18);1-2,4-7H,3H2. The van der Waals surface area contributed by atoms with E-state index < -0.39 is 11.4 Å². The highest BCUT2D eigenvalue weighted by Gasteiger charge is 2.58. The van der Waals surface area contributed by atoms with Gasteiger partial charge in [-0.25, -0.2) is 0 Å². The summed E-state index contributed by atoms with van der Waals surface area (Å²) in [6, 6.07) is 0. The number of aliphatic carboxylic acids is 1. The fourth-order valence-corrected chi connectivity index (χ4v) is 6.61. The number of allylic oxidation sites excluding steroid dienone is 4. The summed E-state index contributed by atoms with van der Waals surface area (Å²) in [4.78, 5) is 34.2. The summed E-state index contributed by atoms with van der Waals surface area (Å²) in [6.07, 6.45) is 18.4. The number of carbonyl (C=O) groups excluding carboxylic acids is 2.